The van der Waals surface area contributed by atoms with Crippen LogP contribution < -0.4 is 0 Å². The lowest BCUT2D eigenvalue weighted by Crippen LogP contribution is -2.24. The normalized spacial score (nSPS) is 18.8. The molecule has 0 fully saturated rings. The lowest BCUT2D eigenvalue weighted by molar-refractivity contribution is 0.211. The molecule has 1 atom stereocenters. The Morgan fingerprint density at radius 3 is 2.64 bits per heavy atom. The summed E-state index contributed by atoms with van der Waals surface area (Å²) in [4.78, 5) is 17.9. The third-order valence-electron chi connectivity index (χ3n) is 3.10. The number of phenolic OH excluding ortho intramolecular Hbond substituents is 1. The van der Waals surface area contributed by atoms with E-state index in [1.54, 1.807) is 12.1 Å². The first-order valence-corrected chi connectivity index (χ1v) is 8.03. The fourth-order valence-corrected chi connectivity index (χ4v) is 2.76. The Balaban J connectivity index is 2.32. The fraction of sp³-hybridized carbons (Fsp3) is 0.214. The molecule has 1 aromatic rings. The van der Waals surface area contributed by atoms with Crippen LogP contribution in [0.1, 0.15) is 12.0 Å². The molecule has 0 saturated carbocycles. The molecule has 1 aromatic carbocycles. The molecule has 22 heavy (non-hydrogen) atoms. The molecule has 0 radical (unpaired) electrons. The van der Waals surface area contributed by atoms with Crippen molar-refractivity contribution in [2.75, 3.05) is 0 Å². The summed E-state index contributed by atoms with van der Waals surface area (Å²) in [5.41, 5.74) is 0.535. The zero-order valence-electron chi connectivity index (χ0n) is 11.5. The number of aliphatic hydroxyl groups is 2. The fourth-order valence-electron chi connectivity index (χ4n) is 2.25. The molecule has 118 valence electrons. The van der Waals surface area contributed by atoms with Gasteiger partial charge in [-0.2, -0.15) is 4.76 Å². The summed E-state index contributed by atoms with van der Waals surface area (Å²) < 4.78 is 14.3. The molecule has 2 rings (SSSR count). The lowest BCUT2D eigenvalue weighted by atomic mass is 9.92. The number of rotatable bonds is 4. The largest absolute Gasteiger partial charge is 0.508 e. The van der Waals surface area contributed by atoms with Gasteiger partial charge in [-0.25, -0.2) is 4.57 Å². The Labute approximate surface area is 126 Å². The van der Waals surface area contributed by atoms with Gasteiger partial charge in [-0.05, 0) is 23.8 Å². The summed E-state index contributed by atoms with van der Waals surface area (Å²) >= 11 is 0. The van der Waals surface area contributed by atoms with Crippen molar-refractivity contribution >= 4 is 13.5 Å². The molecule has 1 aliphatic carbocycles. The van der Waals surface area contributed by atoms with Crippen molar-refractivity contribution in [1.82, 2.24) is 0 Å². The van der Waals surface area contributed by atoms with Crippen LogP contribution in [0.3, 0.4) is 0 Å². The highest BCUT2D eigenvalue weighted by Crippen LogP contribution is 2.38. The highest BCUT2D eigenvalue weighted by atomic mass is 31.2. The summed E-state index contributed by atoms with van der Waals surface area (Å²) in [7, 11) is -4.67. The van der Waals surface area contributed by atoms with Crippen molar-refractivity contribution in [1.29, 1.82) is 0 Å². The van der Waals surface area contributed by atoms with E-state index in [0.717, 1.165) is 0 Å². The third-order valence-corrected chi connectivity index (χ3v) is 3.60. The van der Waals surface area contributed by atoms with E-state index in [0.29, 0.717) is 5.56 Å². The zero-order valence-corrected chi connectivity index (χ0v) is 12.4. The minimum absolute atomic E-state index is 0.0193. The maximum Gasteiger partial charge on any atom is 0.448 e. The predicted octanol–water partition coefficient (Wildman–Crippen LogP) is 1.60. The monoisotopic (exact) mass is 325 g/mol. The van der Waals surface area contributed by atoms with Crippen LogP contribution in [0.2, 0.25) is 0 Å². The van der Waals surface area contributed by atoms with E-state index in [-0.39, 0.29) is 35.6 Å². The van der Waals surface area contributed by atoms with E-state index >= 15 is 0 Å². The van der Waals surface area contributed by atoms with Crippen LogP contribution in [-0.2, 0) is 11.0 Å². The second kappa shape index (κ2) is 6.46. The standard InChI is InChI=1S/C14H16NO6P/c16-10-4-1-3-9(7-10)8-13(18)14-11(15-22(19,20)21)5-2-6-12(14)17/h1-4,6-7,13,16-18H,5,8H2,(H2,19,20,21). The van der Waals surface area contributed by atoms with Crippen molar-refractivity contribution in [3.63, 3.8) is 0 Å². The van der Waals surface area contributed by atoms with Gasteiger partial charge in [0.25, 0.3) is 0 Å². The van der Waals surface area contributed by atoms with Gasteiger partial charge in [0.2, 0.25) is 0 Å². The Morgan fingerprint density at radius 1 is 1.27 bits per heavy atom. The van der Waals surface area contributed by atoms with Gasteiger partial charge in [-0.15, -0.1) is 0 Å². The van der Waals surface area contributed by atoms with E-state index < -0.39 is 13.9 Å². The van der Waals surface area contributed by atoms with Crippen LogP contribution in [0, 0.1) is 0 Å². The SMILES string of the molecule is O=P(O)(O)N=C1CC=CC(O)=C1C(O)Cc1cccc(O)c1. The summed E-state index contributed by atoms with van der Waals surface area (Å²) in [5, 5.41) is 29.6. The van der Waals surface area contributed by atoms with Crippen molar-refractivity contribution < 1.29 is 29.7 Å². The van der Waals surface area contributed by atoms with Gasteiger partial charge in [0.1, 0.15) is 11.5 Å². The molecule has 0 bridgehead atoms. The zero-order chi connectivity index (χ0) is 16.3. The number of nitrogens with zero attached hydrogens (tertiary/aromatic N) is 1. The van der Waals surface area contributed by atoms with Crippen molar-refractivity contribution in [3.8, 4) is 5.75 Å². The molecule has 7 nitrogen and oxygen atoms in total. The van der Waals surface area contributed by atoms with E-state index in [1.807, 2.05) is 0 Å². The quantitative estimate of drug-likeness (QED) is 0.534. The molecular weight excluding hydrogens is 309 g/mol. The summed E-state index contributed by atoms with van der Waals surface area (Å²) in [6.07, 6.45) is 1.79. The molecule has 8 heteroatoms. The average molecular weight is 325 g/mol. The number of aliphatic hydroxyl groups excluding tert-OH is 2. The van der Waals surface area contributed by atoms with E-state index in [2.05, 4.69) is 4.76 Å². The first-order valence-electron chi connectivity index (χ1n) is 6.47. The summed E-state index contributed by atoms with van der Waals surface area (Å²) in [6, 6.07) is 6.23. The van der Waals surface area contributed by atoms with Crippen molar-refractivity contribution in [3.05, 3.63) is 53.3 Å². The second-order valence-corrected chi connectivity index (χ2v) is 6.08. The van der Waals surface area contributed by atoms with Crippen LogP contribution in [0.15, 0.2) is 52.5 Å². The minimum atomic E-state index is -4.67. The van der Waals surface area contributed by atoms with Crippen LogP contribution in [0.5, 0.6) is 5.75 Å². The van der Waals surface area contributed by atoms with E-state index in [9.17, 15) is 19.9 Å². The smallest absolute Gasteiger partial charge is 0.448 e. The van der Waals surface area contributed by atoms with Crippen LogP contribution in [-0.4, -0.2) is 36.9 Å². The topological polar surface area (TPSA) is 131 Å². The maximum absolute atomic E-state index is 11.0. The number of benzene rings is 1. The predicted molar refractivity (Wildman–Crippen MR) is 80.7 cm³/mol. The van der Waals surface area contributed by atoms with Gasteiger partial charge in [-0.1, -0.05) is 18.2 Å². The van der Waals surface area contributed by atoms with Gasteiger partial charge in [-0.3, -0.25) is 0 Å². The van der Waals surface area contributed by atoms with E-state index in [4.69, 9.17) is 9.79 Å². The second-order valence-electron chi connectivity index (χ2n) is 4.86. The number of hydrogen-bond donors (Lipinski definition) is 5. The molecule has 0 saturated heterocycles. The number of allylic oxidation sites excluding steroid dienone is 2. The van der Waals surface area contributed by atoms with Gasteiger partial charge in [0.05, 0.1) is 11.8 Å². The van der Waals surface area contributed by atoms with Crippen molar-refractivity contribution in [2.24, 2.45) is 4.76 Å². The van der Waals surface area contributed by atoms with Gasteiger partial charge in [0, 0.05) is 18.4 Å². The Morgan fingerprint density at radius 2 is 2.00 bits per heavy atom. The molecule has 0 heterocycles. The number of aromatic hydroxyl groups is 1. The number of phenols is 1. The molecule has 0 spiro atoms. The van der Waals surface area contributed by atoms with Gasteiger partial charge >= 0.3 is 7.75 Å². The molecule has 0 amide bonds. The molecule has 0 aromatic heterocycles. The molecule has 1 unspecified atom stereocenters. The van der Waals surface area contributed by atoms with Crippen LogP contribution >= 0.6 is 7.75 Å². The molecule has 0 aliphatic heterocycles. The Kier molecular flexibility index (Phi) is 4.83. The summed E-state index contributed by atoms with van der Waals surface area (Å²) in [6.45, 7) is 0. The maximum atomic E-state index is 11.0. The van der Waals surface area contributed by atoms with E-state index in [1.165, 1.54) is 24.3 Å². The van der Waals surface area contributed by atoms with Gasteiger partial charge in [0.15, 0.2) is 0 Å². The highest BCUT2D eigenvalue weighted by Gasteiger charge is 2.25. The Hall–Kier alpha value is -1.92. The minimum Gasteiger partial charge on any atom is -0.508 e. The lowest BCUT2D eigenvalue weighted by Gasteiger charge is -2.20. The van der Waals surface area contributed by atoms with Gasteiger partial charge < -0.3 is 25.1 Å². The molecular formula is C14H16NO6P. The van der Waals surface area contributed by atoms with Crippen molar-refractivity contribution in [2.45, 2.75) is 18.9 Å². The average Bonchev–Trinajstić information content (AvgIpc) is 2.36. The first-order chi connectivity index (χ1) is 10.3. The van der Waals surface area contributed by atoms with Crippen LogP contribution in [0.25, 0.3) is 0 Å². The number of hydrogen-bond acceptors (Lipinski definition) is 4. The molecule has 1 aliphatic rings. The van der Waals surface area contributed by atoms with Crippen LogP contribution in [0.4, 0.5) is 0 Å². The first kappa shape index (κ1) is 16.5. The third kappa shape index (κ3) is 4.29. The Bertz CT molecular complexity index is 703. The summed E-state index contributed by atoms with van der Waals surface area (Å²) in [5.74, 6) is -0.248. The highest BCUT2D eigenvalue weighted by molar-refractivity contribution is 7.50. The molecule has 5 N–H and O–H groups in total.